The smallest absolute Gasteiger partial charge is 0.416 e. The summed E-state index contributed by atoms with van der Waals surface area (Å²) in [5.74, 6) is 0.592. The van der Waals surface area contributed by atoms with Crippen molar-refractivity contribution in [3.8, 4) is 11.5 Å². The van der Waals surface area contributed by atoms with Crippen molar-refractivity contribution < 1.29 is 36.7 Å². The molecule has 35 heavy (non-hydrogen) atoms. The van der Waals surface area contributed by atoms with Crippen LogP contribution in [0.3, 0.4) is 0 Å². The predicted octanol–water partition coefficient (Wildman–Crippen LogP) is 5.65. The highest BCUT2D eigenvalue weighted by Gasteiger charge is 2.33. The first-order valence-electron chi connectivity index (χ1n) is 11.9. The molecule has 1 atom stereocenters. The van der Waals surface area contributed by atoms with Crippen LogP contribution in [0.1, 0.15) is 50.1 Å². The molecular weight excluding hydrogens is 465 g/mol. The standard InChI is InChI=1S/C25H31F3N2O5/c1-4-20(23(31)33-5-2)17-10-13-30(14-11-17)24(32)34-15-12-21-16(3)35-22(29-21)18-6-8-19(9-7-18)25(26,27)28/h6-9,17,20H,4-5,10-15H2,1-3H3. The third kappa shape index (κ3) is 6.76. The number of piperidine rings is 1. The van der Waals surface area contributed by atoms with Gasteiger partial charge in [0.2, 0.25) is 5.89 Å². The van der Waals surface area contributed by atoms with Gasteiger partial charge < -0.3 is 18.8 Å². The zero-order valence-corrected chi connectivity index (χ0v) is 20.2. The van der Waals surface area contributed by atoms with Crippen molar-refractivity contribution in [3.05, 3.63) is 41.3 Å². The van der Waals surface area contributed by atoms with E-state index in [0.717, 1.165) is 12.1 Å². The summed E-state index contributed by atoms with van der Waals surface area (Å²) in [4.78, 5) is 30.6. The fourth-order valence-electron chi connectivity index (χ4n) is 4.34. The predicted molar refractivity (Wildman–Crippen MR) is 121 cm³/mol. The lowest BCUT2D eigenvalue weighted by atomic mass is 9.83. The largest absolute Gasteiger partial charge is 0.466 e. The lowest BCUT2D eigenvalue weighted by Gasteiger charge is -2.34. The van der Waals surface area contributed by atoms with Crippen LogP contribution in [-0.4, -0.2) is 48.2 Å². The molecule has 7 nitrogen and oxygen atoms in total. The molecule has 192 valence electrons. The van der Waals surface area contributed by atoms with Crippen LogP contribution in [0.25, 0.3) is 11.5 Å². The molecule has 0 radical (unpaired) electrons. The zero-order valence-electron chi connectivity index (χ0n) is 20.2. The van der Waals surface area contributed by atoms with Crippen LogP contribution in [0.5, 0.6) is 0 Å². The van der Waals surface area contributed by atoms with Gasteiger partial charge in [0.05, 0.1) is 30.4 Å². The Bertz CT molecular complexity index is 996. The molecule has 0 N–H and O–H groups in total. The topological polar surface area (TPSA) is 81.9 Å². The Morgan fingerprint density at radius 3 is 2.37 bits per heavy atom. The Hall–Kier alpha value is -3.04. The summed E-state index contributed by atoms with van der Waals surface area (Å²) < 4.78 is 54.5. The molecule has 1 fully saturated rings. The number of esters is 1. The lowest BCUT2D eigenvalue weighted by Crippen LogP contribution is -2.42. The Morgan fingerprint density at radius 2 is 1.80 bits per heavy atom. The van der Waals surface area contributed by atoms with Crippen molar-refractivity contribution in [1.82, 2.24) is 9.88 Å². The number of nitrogens with zero attached hydrogens (tertiary/aromatic N) is 2. The second-order valence-corrected chi connectivity index (χ2v) is 8.55. The summed E-state index contributed by atoms with van der Waals surface area (Å²) in [7, 11) is 0. The number of oxazole rings is 1. The summed E-state index contributed by atoms with van der Waals surface area (Å²) in [6, 6.07) is 4.59. The average Bonchev–Trinajstić information content (AvgIpc) is 3.20. The van der Waals surface area contributed by atoms with Crippen molar-refractivity contribution >= 4 is 12.1 Å². The maximum atomic E-state index is 12.8. The highest BCUT2D eigenvalue weighted by Crippen LogP contribution is 2.31. The third-order valence-corrected chi connectivity index (χ3v) is 6.31. The molecule has 1 aliphatic rings. The van der Waals surface area contributed by atoms with Crippen LogP contribution in [0.15, 0.2) is 28.7 Å². The number of hydrogen-bond donors (Lipinski definition) is 0. The molecule has 1 aromatic heterocycles. The van der Waals surface area contributed by atoms with Gasteiger partial charge in [-0.2, -0.15) is 13.2 Å². The molecular formula is C25H31F3N2O5. The van der Waals surface area contributed by atoms with Gasteiger partial charge in [-0.1, -0.05) is 6.92 Å². The summed E-state index contributed by atoms with van der Waals surface area (Å²) in [6.45, 7) is 6.95. The van der Waals surface area contributed by atoms with E-state index in [9.17, 15) is 22.8 Å². The van der Waals surface area contributed by atoms with Crippen LogP contribution in [0.4, 0.5) is 18.0 Å². The maximum absolute atomic E-state index is 12.8. The van der Waals surface area contributed by atoms with Gasteiger partial charge in [-0.15, -0.1) is 0 Å². The second kappa shape index (κ2) is 11.6. The van der Waals surface area contributed by atoms with Crippen molar-refractivity contribution in [2.24, 2.45) is 11.8 Å². The highest BCUT2D eigenvalue weighted by molar-refractivity contribution is 5.73. The Morgan fingerprint density at radius 1 is 1.14 bits per heavy atom. The van der Waals surface area contributed by atoms with Crippen molar-refractivity contribution in [2.75, 3.05) is 26.3 Å². The molecule has 1 aromatic carbocycles. The highest BCUT2D eigenvalue weighted by atomic mass is 19.4. The normalized spacial score (nSPS) is 15.7. The molecule has 2 aromatic rings. The van der Waals surface area contributed by atoms with E-state index in [0.29, 0.717) is 62.4 Å². The number of halogens is 3. The van der Waals surface area contributed by atoms with Gasteiger partial charge in [-0.25, -0.2) is 9.78 Å². The third-order valence-electron chi connectivity index (χ3n) is 6.31. The van der Waals surface area contributed by atoms with Gasteiger partial charge in [0, 0.05) is 25.1 Å². The lowest BCUT2D eigenvalue weighted by molar-refractivity contribution is -0.150. The van der Waals surface area contributed by atoms with Crippen molar-refractivity contribution in [3.63, 3.8) is 0 Å². The van der Waals surface area contributed by atoms with E-state index in [1.165, 1.54) is 12.1 Å². The van der Waals surface area contributed by atoms with Gasteiger partial charge in [-0.3, -0.25) is 4.79 Å². The Kier molecular flexibility index (Phi) is 8.80. The van der Waals surface area contributed by atoms with Crippen LogP contribution in [0.2, 0.25) is 0 Å². The average molecular weight is 497 g/mol. The number of alkyl halides is 3. The quantitative estimate of drug-likeness (QED) is 0.440. The summed E-state index contributed by atoms with van der Waals surface area (Å²) in [6.07, 6.45) is -2.38. The van der Waals surface area contributed by atoms with E-state index >= 15 is 0 Å². The van der Waals surface area contributed by atoms with E-state index in [4.69, 9.17) is 13.9 Å². The summed E-state index contributed by atoms with van der Waals surface area (Å²) in [5, 5.41) is 0. The number of carbonyl (C=O) groups is 2. The van der Waals surface area contributed by atoms with Gasteiger partial charge >= 0.3 is 18.2 Å². The SMILES string of the molecule is CCOC(=O)C(CC)C1CCN(C(=O)OCCc2nc(-c3ccc(C(F)(F)F)cc3)oc2C)CC1. The minimum atomic E-state index is -4.41. The van der Waals surface area contributed by atoms with E-state index in [1.807, 2.05) is 6.92 Å². The Balaban J connectivity index is 1.48. The van der Waals surface area contributed by atoms with Gasteiger partial charge in [0.25, 0.3) is 0 Å². The van der Waals surface area contributed by atoms with Gasteiger partial charge in [0.15, 0.2) is 0 Å². The minimum Gasteiger partial charge on any atom is -0.466 e. The van der Waals surface area contributed by atoms with E-state index in [-0.39, 0.29) is 30.3 Å². The number of benzene rings is 1. The second-order valence-electron chi connectivity index (χ2n) is 8.55. The molecule has 0 spiro atoms. The number of aryl methyl sites for hydroxylation is 1. The molecule has 10 heteroatoms. The molecule has 1 amide bonds. The molecule has 0 bridgehead atoms. The van der Waals surface area contributed by atoms with E-state index in [1.54, 1.807) is 18.7 Å². The maximum Gasteiger partial charge on any atom is 0.416 e. The number of rotatable bonds is 8. The van der Waals surface area contributed by atoms with Gasteiger partial charge in [0.1, 0.15) is 5.76 Å². The van der Waals surface area contributed by atoms with Crippen LogP contribution in [-0.2, 0) is 26.9 Å². The molecule has 1 saturated heterocycles. The minimum absolute atomic E-state index is 0.0962. The van der Waals surface area contributed by atoms with Crippen LogP contribution < -0.4 is 0 Å². The number of hydrogen-bond acceptors (Lipinski definition) is 6. The number of likely N-dealkylation sites (tertiary alicyclic amines) is 1. The van der Waals surface area contributed by atoms with E-state index in [2.05, 4.69) is 4.98 Å². The number of carbonyl (C=O) groups excluding carboxylic acids is 2. The van der Waals surface area contributed by atoms with Crippen LogP contribution >= 0.6 is 0 Å². The van der Waals surface area contributed by atoms with Crippen LogP contribution in [0, 0.1) is 18.8 Å². The molecule has 1 aliphatic heterocycles. The molecule has 0 saturated carbocycles. The first-order valence-corrected chi connectivity index (χ1v) is 11.9. The molecule has 1 unspecified atom stereocenters. The Labute approximate surface area is 202 Å². The number of aromatic nitrogens is 1. The molecule has 0 aliphatic carbocycles. The fraction of sp³-hybridized carbons (Fsp3) is 0.560. The molecule has 2 heterocycles. The molecule has 3 rings (SSSR count). The number of amides is 1. The van der Waals surface area contributed by atoms with Crippen molar-refractivity contribution in [1.29, 1.82) is 0 Å². The first kappa shape index (κ1) is 26.6. The zero-order chi connectivity index (χ0) is 25.6. The summed E-state index contributed by atoms with van der Waals surface area (Å²) >= 11 is 0. The summed E-state index contributed by atoms with van der Waals surface area (Å²) in [5.41, 5.74) is 0.263. The monoisotopic (exact) mass is 496 g/mol. The number of ether oxygens (including phenoxy) is 2. The van der Waals surface area contributed by atoms with Gasteiger partial charge in [-0.05, 0) is 63.3 Å². The first-order chi connectivity index (χ1) is 16.6. The van der Waals surface area contributed by atoms with Crippen molar-refractivity contribution in [2.45, 2.75) is 52.6 Å². The van der Waals surface area contributed by atoms with E-state index < -0.39 is 17.8 Å². The fourth-order valence-corrected chi connectivity index (χ4v) is 4.34.